The van der Waals surface area contributed by atoms with Crippen LogP contribution in [0.1, 0.15) is 52.9 Å². The third-order valence-corrected chi connectivity index (χ3v) is 6.38. The fraction of sp³-hybridized carbons (Fsp3) is 0.938. The zero-order valence-corrected chi connectivity index (χ0v) is 12.7. The van der Waals surface area contributed by atoms with Crippen molar-refractivity contribution in [2.24, 2.45) is 21.9 Å². The van der Waals surface area contributed by atoms with Crippen molar-refractivity contribution in [1.82, 2.24) is 4.90 Å². The van der Waals surface area contributed by atoms with Crippen LogP contribution >= 0.6 is 0 Å². The zero-order valence-electron chi connectivity index (χ0n) is 12.7. The molecule has 0 aromatic heterocycles. The first kappa shape index (κ1) is 13.4. The summed E-state index contributed by atoms with van der Waals surface area (Å²) in [6, 6.07) is 0. The molecule has 1 saturated heterocycles. The highest BCUT2D eigenvalue weighted by Crippen LogP contribution is 2.63. The van der Waals surface area contributed by atoms with Crippen molar-refractivity contribution in [3.8, 4) is 0 Å². The number of hydrogen-bond donors (Lipinski definition) is 0. The van der Waals surface area contributed by atoms with E-state index in [-0.39, 0.29) is 5.41 Å². The van der Waals surface area contributed by atoms with Crippen LogP contribution in [0.3, 0.4) is 0 Å². The summed E-state index contributed by atoms with van der Waals surface area (Å²) in [6.07, 6.45) is 6.52. The largest absolute Gasteiger partial charge is 0.394 e. The quantitative estimate of drug-likeness (QED) is 0.575. The minimum absolute atomic E-state index is 0.283. The Labute approximate surface area is 117 Å². The van der Waals surface area contributed by atoms with Crippen LogP contribution in [0.4, 0.5) is 0 Å². The van der Waals surface area contributed by atoms with E-state index in [4.69, 9.17) is 4.84 Å². The fourth-order valence-corrected chi connectivity index (χ4v) is 4.37. The second kappa shape index (κ2) is 4.76. The third kappa shape index (κ3) is 2.10. The molecule has 2 bridgehead atoms. The standard InChI is InChI=1S/C16H28N2O/c1-15(2)13-6-7-16(15,3)14(12-13)17-19-11-10-18-8-4-5-9-18/h13H,4-12H2,1-3H3/b17-14+/t13-,16+/m1/s1. The van der Waals surface area contributed by atoms with Gasteiger partial charge in [0.1, 0.15) is 6.61 Å². The molecule has 19 heavy (non-hydrogen) atoms. The van der Waals surface area contributed by atoms with Gasteiger partial charge in [0.05, 0.1) is 5.71 Å². The summed E-state index contributed by atoms with van der Waals surface area (Å²) in [5.41, 5.74) is 2.02. The number of nitrogens with zero attached hydrogens (tertiary/aromatic N) is 2. The Balaban J connectivity index is 1.54. The highest BCUT2D eigenvalue weighted by molar-refractivity contribution is 5.93. The van der Waals surface area contributed by atoms with Crippen LogP contribution in [0.5, 0.6) is 0 Å². The topological polar surface area (TPSA) is 24.8 Å². The number of hydrogen-bond acceptors (Lipinski definition) is 3. The first-order valence-corrected chi connectivity index (χ1v) is 7.96. The summed E-state index contributed by atoms with van der Waals surface area (Å²) in [7, 11) is 0. The molecule has 3 rings (SSSR count). The zero-order chi connectivity index (χ0) is 13.5. The molecule has 0 aromatic rings. The molecule has 1 aliphatic heterocycles. The predicted octanol–water partition coefficient (Wildman–Crippen LogP) is 3.30. The molecule has 2 saturated carbocycles. The number of fused-ring (bicyclic) bond motifs is 2. The molecule has 108 valence electrons. The maximum atomic E-state index is 5.64. The molecule has 2 aliphatic carbocycles. The van der Waals surface area contributed by atoms with Gasteiger partial charge in [0, 0.05) is 12.0 Å². The van der Waals surface area contributed by atoms with Gasteiger partial charge in [-0.2, -0.15) is 0 Å². The van der Waals surface area contributed by atoms with Gasteiger partial charge >= 0.3 is 0 Å². The third-order valence-electron chi connectivity index (χ3n) is 6.38. The van der Waals surface area contributed by atoms with Gasteiger partial charge in [-0.05, 0) is 56.5 Å². The lowest BCUT2D eigenvalue weighted by Gasteiger charge is -2.34. The van der Waals surface area contributed by atoms with Gasteiger partial charge in [0.25, 0.3) is 0 Å². The maximum Gasteiger partial charge on any atom is 0.129 e. The molecule has 3 nitrogen and oxygen atoms in total. The molecule has 0 amide bonds. The molecule has 3 aliphatic rings. The van der Waals surface area contributed by atoms with Crippen LogP contribution in [0.15, 0.2) is 5.16 Å². The van der Waals surface area contributed by atoms with E-state index in [1.165, 1.54) is 44.5 Å². The van der Waals surface area contributed by atoms with E-state index in [1.54, 1.807) is 0 Å². The summed E-state index contributed by atoms with van der Waals surface area (Å²) >= 11 is 0. The molecule has 3 fully saturated rings. The van der Waals surface area contributed by atoms with E-state index >= 15 is 0 Å². The Morgan fingerprint density at radius 1 is 1.26 bits per heavy atom. The van der Waals surface area contributed by atoms with Gasteiger partial charge < -0.3 is 4.84 Å². The van der Waals surface area contributed by atoms with Crippen molar-refractivity contribution >= 4 is 5.71 Å². The number of likely N-dealkylation sites (tertiary alicyclic amines) is 1. The van der Waals surface area contributed by atoms with Crippen LogP contribution in [0.2, 0.25) is 0 Å². The van der Waals surface area contributed by atoms with E-state index in [0.717, 1.165) is 25.5 Å². The van der Waals surface area contributed by atoms with Crippen molar-refractivity contribution in [1.29, 1.82) is 0 Å². The Morgan fingerprint density at radius 3 is 2.58 bits per heavy atom. The Morgan fingerprint density at radius 2 is 2.00 bits per heavy atom. The lowest BCUT2D eigenvalue weighted by Crippen LogP contribution is -2.32. The molecule has 2 atom stereocenters. The van der Waals surface area contributed by atoms with Crippen LogP contribution in [-0.4, -0.2) is 36.9 Å². The van der Waals surface area contributed by atoms with Gasteiger partial charge in [-0.15, -0.1) is 0 Å². The maximum absolute atomic E-state index is 5.64. The van der Waals surface area contributed by atoms with Crippen molar-refractivity contribution in [3.63, 3.8) is 0 Å². The molecule has 0 aromatic carbocycles. The van der Waals surface area contributed by atoms with Gasteiger partial charge in [-0.25, -0.2) is 0 Å². The lowest BCUT2D eigenvalue weighted by atomic mass is 9.70. The normalized spacial score (nSPS) is 39.3. The van der Waals surface area contributed by atoms with Crippen LogP contribution in [0.25, 0.3) is 0 Å². The van der Waals surface area contributed by atoms with Crippen LogP contribution in [-0.2, 0) is 4.84 Å². The molecular formula is C16H28N2O. The van der Waals surface area contributed by atoms with Crippen molar-refractivity contribution < 1.29 is 4.84 Å². The molecule has 0 spiro atoms. The summed E-state index contributed by atoms with van der Waals surface area (Å²) in [5, 5.41) is 4.52. The molecule has 3 heteroatoms. The highest BCUT2D eigenvalue weighted by atomic mass is 16.6. The average Bonchev–Trinajstić information content (AvgIpc) is 3.00. The minimum atomic E-state index is 0.283. The molecule has 1 heterocycles. The van der Waals surface area contributed by atoms with E-state index in [1.807, 2.05) is 0 Å². The first-order valence-electron chi connectivity index (χ1n) is 7.96. The molecule has 0 N–H and O–H groups in total. The summed E-state index contributed by atoms with van der Waals surface area (Å²) in [4.78, 5) is 8.12. The fourth-order valence-electron chi connectivity index (χ4n) is 4.37. The average molecular weight is 264 g/mol. The molecule has 0 radical (unpaired) electrons. The van der Waals surface area contributed by atoms with E-state index in [0.29, 0.717) is 5.41 Å². The lowest BCUT2D eigenvalue weighted by molar-refractivity contribution is 0.113. The minimum Gasteiger partial charge on any atom is -0.394 e. The molecular weight excluding hydrogens is 236 g/mol. The monoisotopic (exact) mass is 264 g/mol. The first-order chi connectivity index (χ1) is 9.04. The van der Waals surface area contributed by atoms with Crippen LogP contribution in [0, 0.1) is 16.7 Å². The SMILES string of the molecule is CC1(C)[C@@H]2CC[C@@]1(C)/C(=N/OCCN1CCCC1)C2. The predicted molar refractivity (Wildman–Crippen MR) is 78.3 cm³/mol. The van der Waals surface area contributed by atoms with E-state index in [9.17, 15) is 0 Å². The second-order valence-electron chi connectivity index (χ2n) is 7.41. The van der Waals surface area contributed by atoms with E-state index < -0.39 is 0 Å². The Kier molecular flexibility index (Phi) is 3.36. The van der Waals surface area contributed by atoms with Crippen LogP contribution < -0.4 is 0 Å². The van der Waals surface area contributed by atoms with Gasteiger partial charge in [-0.3, -0.25) is 4.90 Å². The summed E-state index contributed by atoms with van der Waals surface area (Å²) in [5.74, 6) is 0.818. The molecule has 0 unspecified atom stereocenters. The Bertz CT molecular complexity index is 371. The Hall–Kier alpha value is -0.570. The summed E-state index contributed by atoms with van der Waals surface area (Å²) in [6.45, 7) is 11.5. The van der Waals surface area contributed by atoms with Crippen molar-refractivity contribution in [2.45, 2.75) is 52.9 Å². The van der Waals surface area contributed by atoms with Gasteiger partial charge in [0.2, 0.25) is 0 Å². The summed E-state index contributed by atoms with van der Waals surface area (Å²) < 4.78 is 0. The highest BCUT2D eigenvalue weighted by Gasteiger charge is 2.60. The van der Waals surface area contributed by atoms with Crippen molar-refractivity contribution in [3.05, 3.63) is 0 Å². The van der Waals surface area contributed by atoms with Gasteiger partial charge in [-0.1, -0.05) is 25.9 Å². The van der Waals surface area contributed by atoms with Gasteiger partial charge in [0.15, 0.2) is 0 Å². The number of rotatable bonds is 4. The van der Waals surface area contributed by atoms with E-state index in [2.05, 4.69) is 30.8 Å². The smallest absolute Gasteiger partial charge is 0.129 e. The van der Waals surface area contributed by atoms with Crippen molar-refractivity contribution in [2.75, 3.05) is 26.2 Å². The number of oxime groups is 1. The second-order valence-corrected chi connectivity index (χ2v) is 7.41.